The Balaban J connectivity index is 2.79. The summed E-state index contributed by atoms with van der Waals surface area (Å²) in [6, 6.07) is 5.61. The van der Waals surface area contributed by atoms with E-state index in [2.05, 4.69) is 21.2 Å². The van der Waals surface area contributed by atoms with Crippen molar-refractivity contribution in [1.82, 2.24) is 10.2 Å². The zero-order valence-electron chi connectivity index (χ0n) is 13.9. The van der Waals surface area contributed by atoms with Crippen LogP contribution in [0.3, 0.4) is 0 Å². The van der Waals surface area contributed by atoms with Crippen LogP contribution >= 0.6 is 15.9 Å². The molecule has 0 bridgehead atoms. The molecule has 0 spiro atoms. The van der Waals surface area contributed by atoms with Crippen molar-refractivity contribution in [3.8, 4) is 5.75 Å². The van der Waals surface area contributed by atoms with Crippen molar-refractivity contribution in [3.05, 3.63) is 34.3 Å². The number of halogens is 1. The third-order valence-corrected chi connectivity index (χ3v) is 3.57. The zero-order valence-corrected chi connectivity index (χ0v) is 15.5. The molecule has 0 fully saturated rings. The van der Waals surface area contributed by atoms with Crippen LogP contribution in [0.4, 0.5) is 0 Å². The highest BCUT2D eigenvalue weighted by molar-refractivity contribution is 9.10. The first-order chi connectivity index (χ1) is 10.9. The number of benzene rings is 1. The summed E-state index contributed by atoms with van der Waals surface area (Å²) in [5.74, 6) is 0.301. The quantitative estimate of drug-likeness (QED) is 0.737. The molecule has 1 rings (SSSR count). The predicted octanol–water partition coefficient (Wildman–Crippen LogP) is 2.84. The van der Waals surface area contributed by atoms with Gasteiger partial charge >= 0.3 is 0 Å². The molecule has 0 unspecified atom stereocenters. The largest absolute Gasteiger partial charge is 0.496 e. The van der Waals surface area contributed by atoms with Crippen molar-refractivity contribution in [2.45, 2.75) is 26.8 Å². The fourth-order valence-electron chi connectivity index (χ4n) is 1.99. The van der Waals surface area contributed by atoms with Gasteiger partial charge in [-0.3, -0.25) is 9.59 Å². The average Bonchev–Trinajstić information content (AvgIpc) is 2.49. The SMILES string of the molecule is CCN(CC(=O)NC(C)C)C(=O)C=Cc1cc(Br)ccc1OC. The lowest BCUT2D eigenvalue weighted by atomic mass is 10.2. The molecule has 2 amide bonds. The maximum absolute atomic E-state index is 12.3. The number of nitrogens with one attached hydrogen (secondary N) is 1. The molecule has 0 radical (unpaired) electrons. The summed E-state index contributed by atoms with van der Waals surface area (Å²) in [6.07, 6.45) is 3.14. The maximum atomic E-state index is 12.3. The minimum atomic E-state index is -0.214. The van der Waals surface area contributed by atoms with Gasteiger partial charge in [0.15, 0.2) is 0 Å². The van der Waals surface area contributed by atoms with Crippen LogP contribution in [-0.2, 0) is 9.59 Å². The standard InChI is InChI=1S/C17H23BrN2O3/c1-5-20(11-16(21)19-12(2)3)17(22)9-6-13-10-14(18)7-8-15(13)23-4/h6-10,12H,5,11H2,1-4H3,(H,19,21). The number of rotatable bonds is 7. The molecule has 0 aliphatic rings. The Bertz CT molecular complexity index is 585. The summed E-state index contributed by atoms with van der Waals surface area (Å²) in [5.41, 5.74) is 0.790. The van der Waals surface area contributed by atoms with Crippen molar-refractivity contribution >= 4 is 33.8 Å². The van der Waals surface area contributed by atoms with Crippen LogP contribution in [0.1, 0.15) is 26.3 Å². The topological polar surface area (TPSA) is 58.6 Å². The van der Waals surface area contributed by atoms with Crippen molar-refractivity contribution in [2.75, 3.05) is 20.2 Å². The van der Waals surface area contributed by atoms with Crippen molar-refractivity contribution < 1.29 is 14.3 Å². The Morgan fingerprint density at radius 2 is 2.09 bits per heavy atom. The van der Waals surface area contributed by atoms with E-state index in [1.54, 1.807) is 13.2 Å². The minimum Gasteiger partial charge on any atom is -0.496 e. The van der Waals surface area contributed by atoms with Gasteiger partial charge in [0.25, 0.3) is 0 Å². The molecule has 126 valence electrons. The lowest BCUT2D eigenvalue weighted by Gasteiger charge is -2.19. The number of likely N-dealkylation sites (N-methyl/N-ethyl adjacent to an activating group) is 1. The highest BCUT2D eigenvalue weighted by Gasteiger charge is 2.14. The summed E-state index contributed by atoms with van der Waals surface area (Å²) in [6.45, 7) is 6.12. The monoisotopic (exact) mass is 382 g/mol. The van der Waals surface area contributed by atoms with Crippen molar-refractivity contribution in [2.24, 2.45) is 0 Å². The number of ether oxygens (including phenoxy) is 1. The van der Waals surface area contributed by atoms with Crippen LogP contribution in [0.25, 0.3) is 6.08 Å². The number of hydrogen-bond donors (Lipinski definition) is 1. The smallest absolute Gasteiger partial charge is 0.247 e. The highest BCUT2D eigenvalue weighted by atomic mass is 79.9. The molecule has 0 saturated heterocycles. The van der Waals surface area contributed by atoms with Gasteiger partial charge in [0.1, 0.15) is 5.75 Å². The van der Waals surface area contributed by atoms with E-state index < -0.39 is 0 Å². The Kier molecular flexibility index (Phi) is 7.81. The van der Waals surface area contributed by atoms with E-state index in [-0.39, 0.29) is 24.4 Å². The van der Waals surface area contributed by atoms with Crippen LogP contribution in [0, 0.1) is 0 Å². The maximum Gasteiger partial charge on any atom is 0.247 e. The first-order valence-corrected chi connectivity index (χ1v) is 8.26. The molecule has 0 aliphatic heterocycles. The van der Waals surface area contributed by atoms with Crippen LogP contribution < -0.4 is 10.1 Å². The number of carbonyl (C=O) groups excluding carboxylic acids is 2. The summed E-state index contributed by atoms with van der Waals surface area (Å²) in [4.78, 5) is 25.5. The molecule has 0 heterocycles. The fourth-order valence-corrected chi connectivity index (χ4v) is 2.37. The number of carbonyl (C=O) groups is 2. The molecule has 1 N–H and O–H groups in total. The lowest BCUT2D eigenvalue weighted by molar-refractivity contribution is -0.132. The molecule has 5 nitrogen and oxygen atoms in total. The summed E-state index contributed by atoms with van der Waals surface area (Å²) >= 11 is 3.39. The van der Waals surface area contributed by atoms with Crippen LogP contribution in [-0.4, -0.2) is 43.0 Å². The number of amides is 2. The Labute approximate surface area is 145 Å². The fraction of sp³-hybridized carbons (Fsp3) is 0.412. The van der Waals surface area contributed by atoms with Crippen LogP contribution in [0.15, 0.2) is 28.7 Å². The molecule has 0 aromatic heterocycles. The number of nitrogens with zero attached hydrogens (tertiary/aromatic N) is 1. The van der Waals surface area contributed by atoms with E-state index in [4.69, 9.17) is 4.74 Å². The molecule has 0 aliphatic carbocycles. The Morgan fingerprint density at radius 1 is 1.39 bits per heavy atom. The second kappa shape index (κ2) is 9.35. The summed E-state index contributed by atoms with van der Waals surface area (Å²) in [7, 11) is 1.58. The number of hydrogen-bond acceptors (Lipinski definition) is 3. The summed E-state index contributed by atoms with van der Waals surface area (Å²) in [5, 5.41) is 2.78. The zero-order chi connectivity index (χ0) is 17.4. The molecule has 1 aromatic carbocycles. The second-order valence-corrected chi connectivity index (χ2v) is 6.21. The van der Waals surface area contributed by atoms with Gasteiger partial charge in [-0.2, -0.15) is 0 Å². The van der Waals surface area contributed by atoms with Gasteiger partial charge < -0.3 is 15.0 Å². The van der Waals surface area contributed by atoms with Gasteiger partial charge in [0, 0.05) is 28.7 Å². The van der Waals surface area contributed by atoms with E-state index in [0.29, 0.717) is 12.3 Å². The van der Waals surface area contributed by atoms with Crippen molar-refractivity contribution in [3.63, 3.8) is 0 Å². The Hall–Kier alpha value is -1.82. The molecular weight excluding hydrogens is 360 g/mol. The molecular formula is C17H23BrN2O3. The highest BCUT2D eigenvalue weighted by Crippen LogP contribution is 2.24. The van der Waals surface area contributed by atoms with E-state index in [1.807, 2.05) is 39.0 Å². The van der Waals surface area contributed by atoms with Gasteiger partial charge in [0.05, 0.1) is 13.7 Å². The summed E-state index contributed by atoms with van der Waals surface area (Å²) < 4.78 is 6.16. The van der Waals surface area contributed by atoms with Gasteiger partial charge in [-0.25, -0.2) is 0 Å². The molecule has 23 heavy (non-hydrogen) atoms. The lowest BCUT2D eigenvalue weighted by Crippen LogP contribution is -2.42. The second-order valence-electron chi connectivity index (χ2n) is 5.29. The van der Waals surface area contributed by atoms with E-state index in [9.17, 15) is 9.59 Å². The van der Waals surface area contributed by atoms with Gasteiger partial charge in [-0.1, -0.05) is 15.9 Å². The van der Waals surface area contributed by atoms with Crippen molar-refractivity contribution in [1.29, 1.82) is 0 Å². The third-order valence-electron chi connectivity index (χ3n) is 3.07. The first kappa shape index (κ1) is 19.2. The molecule has 0 atom stereocenters. The van der Waals surface area contributed by atoms with E-state index >= 15 is 0 Å². The minimum absolute atomic E-state index is 0.0491. The predicted molar refractivity (Wildman–Crippen MR) is 95.3 cm³/mol. The average molecular weight is 383 g/mol. The third kappa shape index (κ3) is 6.44. The van der Waals surface area contributed by atoms with Crippen LogP contribution in [0.5, 0.6) is 5.75 Å². The van der Waals surface area contributed by atoms with Gasteiger partial charge in [-0.05, 0) is 45.0 Å². The van der Waals surface area contributed by atoms with Crippen LogP contribution in [0.2, 0.25) is 0 Å². The first-order valence-electron chi connectivity index (χ1n) is 7.47. The van der Waals surface area contributed by atoms with Gasteiger partial charge in [-0.15, -0.1) is 0 Å². The Morgan fingerprint density at radius 3 is 2.65 bits per heavy atom. The van der Waals surface area contributed by atoms with Gasteiger partial charge in [0.2, 0.25) is 11.8 Å². The van der Waals surface area contributed by atoms with E-state index in [0.717, 1.165) is 10.0 Å². The normalized spacial score (nSPS) is 10.9. The number of methoxy groups -OCH3 is 1. The molecule has 6 heteroatoms. The van der Waals surface area contributed by atoms with E-state index in [1.165, 1.54) is 11.0 Å². The molecule has 1 aromatic rings. The molecule has 0 saturated carbocycles.